The lowest BCUT2D eigenvalue weighted by atomic mass is 10.2. The van der Waals surface area contributed by atoms with Gasteiger partial charge in [-0.3, -0.25) is 0 Å². The van der Waals surface area contributed by atoms with E-state index in [4.69, 9.17) is 16.3 Å². The van der Waals surface area contributed by atoms with Gasteiger partial charge in [-0.15, -0.1) is 0 Å². The van der Waals surface area contributed by atoms with Gasteiger partial charge < -0.3 is 4.74 Å². The normalized spacial score (nSPS) is 17.9. The zero-order chi connectivity index (χ0) is 11.8. The van der Waals surface area contributed by atoms with Crippen LogP contribution in [0.4, 0.5) is 0 Å². The zero-order valence-electron chi connectivity index (χ0n) is 8.81. The van der Waals surface area contributed by atoms with Crippen molar-refractivity contribution in [1.82, 2.24) is 4.31 Å². The molecular formula is C10H12ClNO3S. The third kappa shape index (κ3) is 2.08. The number of rotatable bonds is 2. The summed E-state index contributed by atoms with van der Waals surface area (Å²) in [6.07, 6.45) is 0. The molecule has 0 radical (unpaired) electrons. The van der Waals surface area contributed by atoms with Gasteiger partial charge in [0, 0.05) is 11.6 Å². The molecule has 1 heterocycles. The molecule has 0 spiro atoms. The summed E-state index contributed by atoms with van der Waals surface area (Å²) in [5, 5.41) is 0.459. The van der Waals surface area contributed by atoms with E-state index >= 15 is 0 Å². The highest BCUT2D eigenvalue weighted by atomic mass is 35.5. The first kappa shape index (κ1) is 11.9. The number of sulfonamides is 1. The predicted molar refractivity (Wildman–Crippen MR) is 60.9 cm³/mol. The molecule has 0 aliphatic carbocycles. The zero-order valence-corrected chi connectivity index (χ0v) is 10.4. The van der Waals surface area contributed by atoms with Crippen LogP contribution < -0.4 is 0 Å². The van der Waals surface area contributed by atoms with Crippen molar-refractivity contribution >= 4 is 21.6 Å². The average Bonchev–Trinajstić information content (AvgIpc) is 2.75. The number of hydrogen-bond acceptors (Lipinski definition) is 3. The van der Waals surface area contributed by atoms with Crippen LogP contribution in [0.25, 0.3) is 0 Å². The lowest BCUT2D eigenvalue weighted by molar-refractivity contribution is 0.172. The molecule has 4 nitrogen and oxygen atoms in total. The standard InChI is InChI=1S/C10H12ClNO3S/c1-8-2-3-9(6-10(8)11)16(13,14)12-4-5-15-7-12/h2-3,6H,4-5,7H2,1H3. The molecule has 1 aromatic carbocycles. The van der Waals surface area contributed by atoms with Crippen molar-refractivity contribution in [3.05, 3.63) is 28.8 Å². The molecule has 0 atom stereocenters. The van der Waals surface area contributed by atoms with E-state index in [0.29, 0.717) is 18.2 Å². The molecule has 16 heavy (non-hydrogen) atoms. The maximum Gasteiger partial charge on any atom is 0.245 e. The van der Waals surface area contributed by atoms with Crippen molar-refractivity contribution in [3.63, 3.8) is 0 Å². The van der Waals surface area contributed by atoms with Crippen LogP contribution in [0.15, 0.2) is 23.1 Å². The van der Waals surface area contributed by atoms with Crippen LogP contribution in [0.3, 0.4) is 0 Å². The Balaban J connectivity index is 2.39. The topological polar surface area (TPSA) is 46.6 Å². The Morgan fingerprint density at radius 3 is 2.75 bits per heavy atom. The highest BCUT2D eigenvalue weighted by molar-refractivity contribution is 7.89. The van der Waals surface area contributed by atoms with E-state index in [-0.39, 0.29) is 11.6 Å². The van der Waals surface area contributed by atoms with Gasteiger partial charge in [0.25, 0.3) is 0 Å². The van der Waals surface area contributed by atoms with E-state index in [1.54, 1.807) is 12.1 Å². The van der Waals surface area contributed by atoms with Crippen LogP contribution in [0.5, 0.6) is 0 Å². The van der Waals surface area contributed by atoms with E-state index in [1.807, 2.05) is 6.92 Å². The number of hydrogen-bond donors (Lipinski definition) is 0. The second-order valence-corrected chi connectivity index (χ2v) is 5.97. The van der Waals surface area contributed by atoms with Crippen molar-refractivity contribution in [2.75, 3.05) is 19.9 Å². The van der Waals surface area contributed by atoms with Gasteiger partial charge in [0.05, 0.1) is 11.5 Å². The van der Waals surface area contributed by atoms with Gasteiger partial charge >= 0.3 is 0 Å². The second kappa shape index (κ2) is 4.33. The number of halogens is 1. The number of nitrogens with zero attached hydrogens (tertiary/aromatic N) is 1. The van der Waals surface area contributed by atoms with Gasteiger partial charge in [0.1, 0.15) is 6.73 Å². The molecule has 1 fully saturated rings. The molecule has 2 rings (SSSR count). The molecular weight excluding hydrogens is 250 g/mol. The van der Waals surface area contributed by atoms with Gasteiger partial charge in [-0.1, -0.05) is 17.7 Å². The summed E-state index contributed by atoms with van der Waals surface area (Å²) in [4.78, 5) is 0.216. The van der Waals surface area contributed by atoms with Crippen LogP contribution in [-0.2, 0) is 14.8 Å². The lowest BCUT2D eigenvalue weighted by Gasteiger charge is -2.14. The minimum Gasteiger partial charge on any atom is -0.364 e. The molecule has 0 aromatic heterocycles. The van der Waals surface area contributed by atoms with Crippen molar-refractivity contribution < 1.29 is 13.2 Å². The number of aryl methyl sites for hydroxylation is 1. The maximum atomic E-state index is 12.1. The Morgan fingerprint density at radius 1 is 1.44 bits per heavy atom. The first-order chi connectivity index (χ1) is 7.51. The SMILES string of the molecule is Cc1ccc(S(=O)(=O)N2CCOC2)cc1Cl. The van der Waals surface area contributed by atoms with Gasteiger partial charge in [-0.2, -0.15) is 4.31 Å². The smallest absolute Gasteiger partial charge is 0.245 e. The molecule has 1 saturated heterocycles. The summed E-state index contributed by atoms with van der Waals surface area (Å²) < 4.78 is 30.5. The molecule has 1 aliphatic rings. The molecule has 0 amide bonds. The highest BCUT2D eigenvalue weighted by Crippen LogP contribution is 2.23. The van der Waals surface area contributed by atoms with Gasteiger partial charge in [0.15, 0.2) is 0 Å². The molecule has 0 bridgehead atoms. The largest absolute Gasteiger partial charge is 0.364 e. The fraction of sp³-hybridized carbons (Fsp3) is 0.400. The fourth-order valence-electron chi connectivity index (χ4n) is 1.47. The van der Waals surface area contributed by atoms with Crippen molar-refractivity contribution in [1.29, 1.82) is 0 Å². The lowest BCUT2D eigenvalue weighted by Crippen LogP contribution is -2.28. The van der Waals surface area contributed by atoms with Gasteiger partial charge in [-0.25, -0.2) is 8.42 Å². The predicted octanol–water partition coefficient (Wildman–Crippen LogP) is 1.63. The minimum absolute atomic E-state index is 0.119. The average molecular weight is 262 g/mol. The Hall–Kier alpha value is -0.620. The van der Waals surface area contributed by atoms with Crippen LogP contribution >= 0.6 is 11.6 Å². The number of ether oxygens (including phenoxy) is 1. The maximum absolute atomic E-state index is 12.1. The third-order valence-electron chi connectivity index (χ3n) is 2.50. The van der Waals surface area contributed by atoms with Crippen molar-refractivity contribution in [2.24, 2.45) is 0 Å². The second-order valence-electron chi connectivity index (χ2n) is 3.63. The Morgan fingerprint density at radius 2 is 2.19 bits per heavy atom. The highest BCUT2D eigenvalue weighted by Gasteiger charge is 2.27. The summed E-state index contributed by atoms with van der Waals surface area (Å²) in [6, 6.07) is 4.74. The van der Waals surface area contributed by atoms with Gasteiger partial charge in [-0.05, 0) is 24.6 Å². The van der Waals surface area contributed by atoms with Crippen LogP contribution in [0, 0.1) is 6.92 Å². The van der Waals surface area contributed by atoms with Crippen LogP contribution in [0.1, 0.15) is 5.56 Å². The molecule has 0 unspecified atom stereocenters. The number of benzene rings is 1. The quantitative estimate of drug-likeness (QED) is 0.813. The molecule has 0 N–H and O–H groups in total. The first-order valence-corrected chi connectivity index (χ1v) is 6.67. The van der Waals surface area contributed by atoms with E-state index < -0.39 is 10.0 Å². The molecule has 0 saturated carbocycles. The summed E-state index contributed by atoms with van der Waals surface area (Å²) in [6.45, 7) is 2.79. The molecule has 88 valence electrons. The van der Waals surface area contributed by atoms with Crippen LogP contribution in [0.2, 0.25) is 5.02 Å². The van der Waals surface area contributed by atoms with Gasteiger partial charge in [0.2, 0.25) is 10.0 Å². The Labute approximate surface area is 99.8 Å². The van der Waals surface area contributed by atoms with Crippen molar-refractivity contribution in [2.45, 2.75) is 11.8 Å². The van der Waals surface area contributed by atoms with E-state index in [1.165, 1.54) is 10.4 Å². The summed E-state index contributed by atoms with van der Waals surface area (Å²) in [5.41, 5.74) is 0.860. The van der Waals surface area contributed by atoms with E-state index in [2.05, 4.69) is 0 Å². The monoisotopic (exact) mass is 261 g/mol. The Kier molecular flexibility index (Phi) is 3.21. The molecule has 6 heteroatoms. The van der Waals surface area contributed by atoms with Crippen molar-refractivity contribution in [3.8, 4) is 0 Å². The summed E-state index contributed by atoms with van der Waals surface area (Å²) >= 11 is 5.91. The third-order valence-corrected chi connectivity index (χ3v) is 4.73. The first-order valence-electron chi connectivity index (χ1n) is 4.86. The van der Waals surface area contributed by atoms with E-state index in [0.717, 1.165) is 5.56 Å². The Bertz CT molecular complexity index is 495. The van der Waals surface area contributed by atoms with Crippen LogP contribution in [-0.4, -0.2) is 32.6 Å². The summed E-state index contributed by atoms with van der Waals surface area (Å²) in [7, 11) is -3.45. The molecule has 1 aromatic rings. The summed E-state index contributed by atoms with van der Waals surface area (Å²) in [5.74, 6) is 0. The fourth-order valence-corrected chi connectivity index (χ4v) is 3.05. The minimum atomic E-state index is -3.45. The van der Waals surface area contributed by atoms with E-state index in [9.17, 15) is 8.42 Å². The molecule has 1 aliphatic heterocycles.